The number of carbonyl (C=O) groups excluding carboxylic acids is 1. The second-order valence-corrected chi connectivity index (χ2v) is 5.76. The first kappa shape index (κ1) is 13.8. The maximum absolute atomic E-state index is 12.4. The number of halogens is 1. The summed E-state index contributed by atoms with van der Waals surface area (Å²) in [6, 6.07) is 5.29. The fraction of sp³-hybridized carbons (Fsp3) is 0.500. The molecule has 1 fully saturated rings. The lowest BCUT2D eigenvalue weighted by Gasteiger charge is -2.32. The SMILES string of the molecule is CCC1CCCN(C(=O)c2cc(S)ccc2Cl)C1. The molecule has 1 saturated heterocycles. The molecule has 98 valence electrons. The van der Waals surface area contributed by atoms with E-state index in [0.29, 0.717) is 16.5 Å². The summed E-state index contributed by atoms with van der Waals surface area (Å²) >= 11 is 10.4. The first-order chi connectivity index (χ1) is 8.61. The van der Waals surface area contributed by atoms with Gasteiger partial charge >= 0.3 is 0 Å². The van der Waals surface area contributed by atoms with Crippen molar-refractivity contribution in [3.8, 4) is 0 Å². The zero-order valence-electron chi connectivity index (χ0n) is 10.5. The minimum absolute atomic E-state index is 0.0362. The second-order valence-electron chi connectivity index (χ2n) is 4.83. The molecule has 1 heterocycles. The van der Waals surface area contributed by atoms with Crippen LogP contribution in [0.1, 0.15) is 36.5 Å². The lowest BCUT2D eigenvalue weighted by Crippen LogP contribution is -2.39. The molecule has 0 aliphatic carbocycles. The highest BCUT2D eigenvalue weighted by molar-refractivity contribution is 7.80. The Morgan fingerprint density at radius 3 is 3.06 bits per heavy atom. The molecule has 0 radical (unpaired) electrons. The molecule has 0 bridgehead atoms. The molecule has 2 nitrogen and oxygen atoms in total. The number of hydrogen-bond acceptors (Lipinski definition) is 2. The van der Waals surface area contributed by atoms with Crippen molar-refractivity contribution in [3.05, 3.63) is 28.8 Å². The molecule has 18 heavy (non-hydrogen) atoms. The van der Waals surface area contributed by atoms with E-state index in [9.17, 15) is 4.79 Å². The molecule has 1 amide bonds. The summed E-state index contributed by atoms with van der Waals surface area (Å²) in [4.78, 5) is 15.1. The predicted octanol–water partition coefficient (Wildman–Crippen LogP) is 3.89. The average Bonchev–Trinajstić information content (AvgIpc) is 2.41. The van der Waals surface area contributed by atoms with Gasteiger partial charge in [-0.25, -0.2) is 0 Å². The minimum Gasteiger partial charge on any atom is -0.338 e. The molecular weight excluding hydrogens is 266 g/mol. The van der Waals surface area contributed by atoms with Gasteiger partial charge in [0.15, 0.2) is 0 Å². The number of hydrogen-bond donors (Lipinski definition) is 1. The van der Waals surface area contributed by atoms with E-state index < -0.39 is 0 Å². The number of carbonyl (C=O) groups is 1. The Labute approximate surface area is 119 Å². The van der Waals surface area contributed by atoms with Gasteiger partial charge in [-0.05, 0) is 37.0 Å². The Morgan fingerprint density at radius 2 is 2.33 bits per heavy atom. The molecule has 4 heteroatoms. The Kier molecular flexibility index (Phi) is 4.57. The van der Waals surface area contributed by atoms with Crippen LogP contribution >= 0.6 is 24.2 Å². The second kappa shape index (κ2) is 5.98. The predicted molar refractivity (Wildman–Crippen MR) is 77.6 cm³/mol. The zero-order chi connectivity index (χ0) is 13.1. The monoisotopic (exact) mass is 283 g/mol. The minimum atomic E-state index is 0.0362. The van der Waals surface area contributed by atoms with Crippen LogP contribution in [0.15, 0.2) is 23.1 Å². The third-order valence-corrected chi connectivity index (χ3v) is 4.17. The van der Waals surface area contributed by atoms with Crippen molar-refractivity contribution >= 4 is 30.1 Å². The summed E-state index contributed by atoms with van der Waals surface area (Å²) in [6.07, 6.45) is 3.44. The maximum atomic E-state index is 12.4. The van der Waals surface area contributed by atoms with E-state index in [2.05, 4.69) is 19.6 Å². The standard InChI is InChI=1S/C14H18ClNOS/c1-2-10-4-3-7-16(9-10)14(17)12-8-11(18)5-6-13(12)15/h5-6,8,10,18H,2-4,7,9H2,1H3. The van der Waals surface area contributed by atoms with E-state index in [1.807, 2.05) is 4.90 Å². The molecule has 1 atom stereocenters. The van der Waals surface area contributed by atoms with Crippen molar-refractivity contribution in [2.45, 2.75) is 31.1 Å². The number of thiol groups is 1. The van der Waals surface area contributed by atoms with Gasteiger partial charge in [-0.1, -0.05) is 24.9 Å². The number of rotatable bonds is 2. The number of amides is 1. The molecule has 1 unspecified atom stereocenters. The van der Waals surface area contributed by atoms with Crippen LogP contribution in [0.25, 0.3) is 0 Å². The highest BCUT2D eigenvalue weighted by atomic mass is 35.5. The molecule has 0 spiro atoms. The van der Waals surface area contributed by atoms with Gasteiger partial charge in [-0.2, -0.15) is 0 Å². The van der Waals surface area contributed by atoms with Crippen molar-refractivity contribution in [1.82, 2.24) is 4.90 Å². The Hall–Kier alpha value is -0.670. The van der Waals surface area contributed by atoms with Crippen molar-refractivity contribution in [1.29, 1.82) is 0 Å². The Bertz CT molecular complexity index is 449. The molecule has 1 aromatic carbocycles. The van der Waals surface area contributed by atoms with Crippen molar-refractivity contribution in [2.24, 2.45) is 5.92 Å². The van der Waals surface area contributed by atoms with Crippen LogP contribution in [-0.2, 0) is 0 Å². The van der Waals surface area contributed by atoms with E-state index in [-0.39, 0.29) is 5.91 Å². The van der Waals surface area contributed by atoms with Gasteiger partial charge < -0.3 is 4.90 Å². The summed E-state index contributed by atoms with van der Waals surface area (Å²) < 4.78 is 0. The summed E-state index contributed by atoms with van der Waals surface area (Å²) in [5, 5.41) is 0.511. The van der Waals surface area contributed by atoms with Crippen molar-refractivity contribution in [2.75, 3.05) is 13.1 Å². The van der Waals surface area contributed by atoms with Crippen LogP contribution in [0.2, 0.25) is 5.02 Å². The van der Waals surface area contributed by atoms with E-state index in [4.69, 9.17) is 11.6 Å². The van der Waals surface area contributed by atoms with Gasteiger partial charge in [0.25, 0.3) is 5.91 Å². The molecular formula is C14H18ClNOS. The summed E-state index contributed by atoms with van der Waals surface area (Å²) in [7, 11) is 0. The van der Waals surface area contributed by atoms with Crippen LogP contribution in [0, 0.1) is 5.92 Å². The molecule has 1 aliphatic heterocycles. The fourth-order valence-corrected chi connectivity index (χ4v) is 2.83. The van der Waals surface area contributed by atoms with Gasteiger partial charge in [0.1, 0.15) is 0 Å². The Balaban J connectivity index is 2.17. The van der Waals surface area contributed by atoms with Crippen LogP contribution in [0.5, 0.6) is 0 Å². The number of piperidine rings is 1. The molecule has 0 saturated carbocycles. The third kappa shape index (κ3) is 3.01. The largest absolute Gasteiger partial charge is 0.338 e. The molecule has 0 aromatic heterocycles. The van der Waals surface area contributed by atoms with Crippen LogP contribution < -0.4 is 0 Å². The average molecular weight is 284 g/mol. The maximum Gasteiger partial charge on any atom is 0.255 e. The zero-order valence-corrected chi connectivity index (χ0v) is 12.2. The molecule has 1 aliphatic rings. The molecule has 0 N–H and O–H groups in total. The van der Waals surface area contributed by atoms with Gasteiger partial charge in [0, 0.05) is 18.0 Å². The number of benzene rings is 1. The lowest BCUT2D eigenvalue weighted by atomic mass is 9.95. The van der Waals surface area contributed by atoms with E-state index in [0.717, 1.165) is 30.8 Å². The molecule has 1 aromatic rings. The third-order valence-electron chi connectivity index (χ3n) is 3.56. The first-order valence-electron chi connectivity index (χ1n) is 6.39. The summed E-state index contributed by atoms with van der Waals surface area (Å²) in [6.45, 7) is 3.87. The van der Waals surface area contributed by atoms with Crippen molar-refractivity contribution < 1.29 is 4.79 Å². The number of nitrogens with zero attached hydrogens (tertiary/aromatic N) is 1. The summed E-state index contributed by atoms with van der Waals surface area (Å²) in [5.41, 5.74) is 0.570. The van der Waals surface area contributed by atoms with Gasteiger partial charge in [0.2, 0.25) is 0 Å². The fourth-order valence-electron chi connectivity index (χ4n) is 2.43. The quantitative estimate of drug-likeness (QED) is 0.817. The van der Waals surface area contributed by atoms with Crippen LogP contribution in [0.3, 0.4) is 0 Å². The topological polar surface area (TPSA) is 20.3 Å². The Morgan fingerprint density at radius 1 is 1.56 bits per heavy atom. The summed E-state index contributed by atoms with van der Waals surface area (Å²) in [5.74, 6) is 0.662. The van der Waals surface area contributed by atoms with E-state index in [1.165, 1.54) is 6.42 Å². The highest BCUT2D eigenvalue weighted by Crippen LogP contribution is 2.25. The van der Waals surface area contributed by atoms with Crippen LogP contribution in [0.4, 0.5) is 0 Å². The molecule has 2 rings (SSSR count). The smallest absolute Gasteiger partial charge is 0.255 e. The van der Waals surface area contributed by atoms with E-state index >= 15 is 0 Å². The lowest BCUT2D eigenvalue weighted by molar-refractivity contribution is 0.0671. The highest BCUT2D eigenvalue weighted by Gasteiger charge is 2.24. The van der Waals surface area contributed by atoms with Gasteiger partial charge in [-0.15, -0.1) is 12.6 Å². The van der Waals surface area contributed by atoms with Crippen LogP contribution in [-0.4, -0.2) is 23.9 Å². The normalized spacial score (nSPS) is 19.9. The number of likely N-dealkylation sites (tertiary alicyclic amines) is 1. The van der Waals surface area contributed by atoms with Crippen molar-refractivity contribution in [3.63, 3.8) is 0 Å². The first-order valence-corrected chi connectivity index (χ1v) is 7.22. The van der Waals surface area contributed by atoms with Gasteiger partial charge in [0.05, 0.1) is 10.6 Å². The van der Waals surface area contributed by atoms with E-state index in [1.54, 1.807) is 18.2 Å². The van der Waals surface area contributed by atoms with Gasteiger partial charge in [-0.3, -0.25) is 4.79 Å².